The first-order valence-corrected chi connectivity index (χ1v) is 9.81. The topological polar surface area (TPSA) is 82.3 Å². The predicted molar refractivity (Wildman–Crippen MR) is 110 cm³/mol. The number of carbonyl (C=O) groups is 2. The zero-order valence-corrected chi connectivity index (χ0v) is 16.4. The van der Waals surface area contributed by atoms with Crippen LogP contribution in [0.1, 0.15) is 22.3 Å². The van der Waals surface area contributed by atoms with E-state index in [9.17, 15) is 14.4 Å². The van der Waals surface area contributed by atoms with Crippen molar-refractivity contribution in [2.45, 2.75) is 11.8 Å². The third kappa shape index (κ3) is 2.36. The maximum Gasteiger partial charge on any atom is 0.254 e. The van der Waals surface area contributed by atoms with Gasteiger partial charge in [0.2, 0.25) is 11.5 Å². The summed E-state index contributed by atoms with van der Waals surface area (Å²) in [7, 11) is 0. The fourth-order valence-corrected chi connectivity index (χ4v) is 4.82. The molecule has 0 saturated carbocycles. The number of carbonyl (C=O) groups excluding carboxylic acids is 2. The number of rotatable bonds is 1. The van der Waals surface area contributed by atoms with E-state index in [-0.39, 0.29) is 17.4 Å². The lowest BCUT2D eigenvalue weighted by Gasteiger charge is -2.23. The Labute approximate surface area is 168 Å². The van der Waals surface area contributed by atoms with E-state index in [1.165, 1.54) is 6.07 Å². The molecule has 0 aliphatic carbocycles. The number of nitrogens with zero attached hydrogens (tertiary/aromatic N) is 1. The van der Waals surface area contributed by atoms with Gasteiger partial charge in [-0.15, -0.1) is 0 Å². The van der Waals surface area contributed by atoms with Crippen LogP contribution >= 0.6 is 15.9 Å². The van der Waals surface area contributed by atoms with Crippen LogP contribution in [0.15, 0.2) is 57.8 Å². The van der Waals surface area contributed by atoms with E-state index in [1.807, 2.05) is 42.5 Å². The van der Waals surface area contributed by atoms with Gasteiger partial charge in [0.15, 0.2) is 0 Å². The number of aromatic nitrogens is 1. The average molecular weight is 438 g/mol. The number of benzene rings is 2. The van der Waals surface area contributed by atoms with Gasteiger partial charge in [-0.25, -0.2) is 0 Å². The van der Waals surface area contributed by atoms with E-state index in [1.54, 1.807) is 4.90 Å². The predicted octanol–water partition coefficient (Wildman–Crippen LogP) is 3.03. The zero-order chi connectivity index (χ0) is 19.5. The van der Waals surface area contributed by atoms with Gasteiger partial charge in [-0.1, -0.05) is 30.3 Å². The molecule has 2 aliphatic heterocycles. The number of fused-ring (bicyclic) bond motifs is 3. The number of nitrogens with one attached hydrogen (secondary N) is 2. The molecule has 1 unspecified atom stereocenters. The van der Waals surface area contributed by atoms with Gasteiger partial charge in [0.1, 0.15) is 0 Å². The van der Waals surface area contributed by atoms with Crippen molar-refractivity contribution in [3.05, 3.63) is 74.5 Å². The van der Waals surface area contributed by atoms with Crippen molar-refractivity contribution < 1.29 is 9.59 Å². The van der Waals surface area contributed by atoms with E-state index < -0.39 is 5.41 Å². The molecule has 1 spiro atoms. The van der Waals surface area contributed by atoms with Crippen LogP contribution < -0.4 is 10.9 Å². The minimum Gasteiger partial charge on any atom is -0.337 e. The molecule has 2 N–H and O–H groups in total. The number of anilines is 1. The van der Waals surface area contributed by atoms with E-state index in [0.717, 1.165) is 15.7 Å². The first-order chi connectivity index (χ1) is 13.5. The molecule has 3 aromatic rings. The highest BCUT2D eigenvalue weighted by Gasteiger charge is 2.52. The summed E-state index contributed by atoms with van der Waals surface area (Å²) in [6.45, 7) is 0.764. The number of amides is 2. The molecule has 2 amide bonds. The summed E-state index contributed by atoms with van der Waals surface area (Å²) in [5, 5.41) is 3.61. The molecule has 1 aromatic heterocycles. The summed E-state index contributed by atoms with van der Waals surface area (Å²) in [5.41, 5.74) is 1.64. The van der Waals surface area contributed by atoms with Gasteiger partial charge in [0.05, 0.1) is 16.5 Å². The van der Waals surface area contributed by atoms with Gasteiger partial charge < -0.3 is 15.2 Å². The molecule has 0 bridgehead atoms. The number of aromatic amines is 1. The standard InChI is InChI=1S/C21H16BrN3O3/c22-15-6-3-4-12-13(10-17(26)24-18(12)15)19(27)25-9-8-21(11-25)14-5-1-2-7-16(14)23-20(21)28/h1-7,10H,8-9,11H2,(H,23,28)(H,24,26). The Morgan fingerprint density at radius 2 is 1.93 bits per heavy atom. The molecule has 140 valence electrons. The van der Waals surface area contributed by atoms with Crippen molar-refractivity contribution in [1.29, 1.82) is 0 Å². The number of hydrogen-bond donors (Lipinski definition) is 2. The Bertz CT molecular complexity index is 1220. The summed E-state index contributed by atoms with van der Waals surface area (Å²) in [6.07, 6.45) is 0.562. The van der Waals surface area contributed by atoms with Crippen molar-refractivity contribution in [3.63, 3.8) is 0 Å². The lowest BCUT2D eigenvalue weighted by molar-refractivity contribution is -0.120. The third-order valence-electron chi connectivity index (χ3n) is 5.74. The van der Waals surface area contributed by atoms with Gasteiger partial charge >= 0.3 is 0 Å². The van der Waals surface area contributed by atoms with Gasteiger partial charge in [-0.3, -0.25) is 14.4 Å². The number of halogens is 1. The quantitative estimate of drug-likeness (QED) is 0.613. The third-order valence-corrected chi connectivity index (χ3v) is 6.40. The maximum atomic E-state index is 13.3. The molecule has 6 nitrogen and oxygen atoms in total. The molecule has 1 atom stereocenters. The second-order valence-electron chi connectivity index (χ2n) is 7.27. The summed E-state index contributed by atoms with van der Waals surface area (Å²) in [4.78, 5) is 42.7. The molecular formula is C21H16BrN3O3. The summed E-state index contributed by atoms with van der Waals surface area (Å²) in [6, 6.07) is 14.4. The number of para-hydroxylation sites is 2. The molecule has 1 fully saturated rings. The van der Waals surface area contributed by atoms with Crippen molar-refractivity contribution in [2.24, 2.45) is 0 Å². The molecular weight excluding hydrogens is 422 g/mol. The monoisotopic (exact) mass is 437 g/mol. The minimum absolute atomic E-state index is 0.0671. The van der Waals surface area contributed by atoms with Gasteiger partial charge in [0, 0.05) is 34.7 Å². The molecule has 7 heteroatoms. The summed E-state index contributed by atoms with van der Waals surface area (Å²) >= 11 is 3.42. The van der Waals surface area contributed by atoms with Crippen molar-refractivity contribution in [3.8, 4) is 0 Å². The highest BCUT2D eigenvalue weighted by atomic mass is 79.9. The fourth-order valence-electron chi connectivity index (χ4n) is 4.35. The zero-order valence-electron chi connectivity index (χ0n) is 14.8. The SMILES string of the molecule is O=C(c1cc(=O)[nH]c2c(Br)cccc12)N1CCC2(C1)C(=O)Nc1ccccc12. The van der Waals surface area contributed by atoms with Crippen LogP contribution in [0.4, 0.5) is 5.69 Å². The van der Waals surface area contributed by atoms with Crippen LogP contribution in [0.5, 0.6) is 0 Å². The molecule has 2 aromatic carbocycles. The lowest BCUT2D eigenvalue weighted by atomic mass is 9.81. The maximum absolute atomic E-state index is 13.3. The number of H-pyrrole nitrogens is 1. The van der Waals surface area contributed by atoms with Crippen LogP contribution in [0.2, 0.25) is 0 Å². The van der Waals surface area contributed by atoms with Crippen LogP contribution in [-0.2, 0) is 10.2 Å². The van der Waals surface area contributed by atoms with Gasteiger partial charge in [0.25, 0.3) is 5.91 Å². The molecule has 5 rings (SSSR count). The molecule has 28 heavy (non-hydrogen) atoms. The smallest absolute Gasteiger partial charge is 0.254 e. The van der Waals surface area contributed by atoms with Crippen LogP contribution in [0.3, 0.4) is 0 Å². The van der Waals surface area contributed by atoms with Gasteiger partial charge in [-0.2, -0.15) is 0 Å². The second kappa shape index (κ2) is 6.04. The largest absolute Gasteiger partial charge is 0.337 e. The van der Waals surface area contributed by atoms with Crippen molar-refractivity contribution >= 4 is 44.3 Å². The lowest BCUT2D eigenvalue weighted by Crippen LogP contribution is -2.39. The fraction of sp³-hybridized carbons (Fsp3) is 0.190. The number of pyridine rings is 1. The Morgan fingerprint density at radius 1 is 1.11 bits per heavy atom. The van der Waals surface area contributed by atoms with E-state index in [0.29, 0.717) is 36.0 Å². The Kier molecular flexibility index (Phi) is 3.71. The van der Waals surface area contributed by atoms with E-state index in [4.69, 9.17) is 0 Å². The van der Waals surface area contributed by atoms with Crippen molar-refractivity contribution in [1.82, 2.24) is 9.88 Å². The van der Waals surface area contributed by atoms with Crippen LogP contribution in [0.25, 0.3) is 10.9 Å². The Morgan fingerprint density at radius 3 is 2.79 bits per heavy atom. The summed E-state index contributed by atoms with van der Waals surface area (Å²) in [5.74, 6) is -0.300. The first-order valence-electron chi connectivity index (χ1n) is 9.01. The molecule has 0 radical (unpaired) electrons. The molecule has 2 aliphatic rings. The van der Waals surface area contributed by atoms with E-state index >= 15 is 0 Å². The highest BCUT2D eigenvalue weighted by Crippen LogP contribution is 2.44. The number of likely N-dealkylation sites (tertiary alicyclic amines) is 1. The van der Waals surface area contributed by atoms with Crippen molar-refractivity contribution in [2.75, 3.05) is 18.4 Å². The molecule has 1 saturated heterocycles. The Balaban J connectivity index is 1.56. The highest BCUT2D eigenvalue weighted by molar-refractivity contribution is 9.10. The minimum atomic E-state index is -0.718. The average Bonchev–Trinajstić information content (AvgIpc) is 3.25. The second-order valence-corrected chi connectivity index (χ2v) is 8.12. The normalized spacial score (nSPS) is 20.6. The van der Waals surface area contributed by atoms with Crippen LogP contribution in [-0.4, -0.2) is 34.8 Å². The summed E-state index contributed by atoms with van der Waals surface area (Å²) < 4.78 is 0.721. The van der Waals surface area contributed by atoms with Gasteiger partial charge in [-0.05, 0) is 40.0 Å². The van der Waals surface area contributed by atoms with Crippen LogP contribution in [0, 0.1) is 0 Å². The van der Waals surface area contributed by atoms with E-state index in [2.05, 4.69) is 26.2 Å². The number of hydrogen-bond acceptors (Lipinski definition) is 3. The molecule has 3 heterocycles. The first kappa shape index (κ1) is 17.2. The Hall–Kier alpha value is -2.93.